The van der Waals surface area contributed by atoms with Crippen molar-refractivity contribution in [2.75, 3.05) is 6.61 Å². The van der Waals surface area contributed by atoms with Crippen LogP contribution in [0.25, 0.3) is 6.08 Å². The average Bonchev–Trinajstić information content (AvgIpc) is 2.68. The van der Waals surface area contributed by atoms with Crippen LogP contribution < -0.4 is 20.9 Å². The van der Waals surface area contributed by atoms with Crippen molar-refractivity contribution in [2.24, 2.45) is 0 Å². The topological polar surface area (TPSA) is 79.5 Å². The normalized spacial score (nSPS) is 10.4. The maximum absolute atomic E-state index is 11.8. The third kappa shape index (κ3) is 7.02. The molecule has 0 unspecified atom stereocenters. The molecule has 2 amide bonds. The van der Waals surface area contributed by atoms with Gasteiger partial charge >= 0.3 is 0 Å². The van der Waals surface area contributed by atoms with Crippen LogP contribution in [0.2, 0.25) is 5.02 Å². The summed E-state index contributed by atoms with van der Waals surface area (Å²) in [5.41, 5.74) is 7.41. The van der Waals surface area contributed by atoms with E-state index in [1.807, 2.05) is 44.2 Å². The summed E-state index contributed by atoms with van der Waals surface area (Å²) in [5.74, 6) is -0.336. The first-order valence-electron chi connectivity index (χ1n) is 8.37. The molecule has 0 saturated heterocycles. The summed E-state index contributed by atoms with van der Waals surface area (Å²) in [6.07, 6.45) is 3.00. The molecule has 8 heteroatoms. The third-order valence-corrected chi connectivity index (χ3v) is 4.36. The minimum atomic E-state index is -0.457. The molecule has 0 aliphatic rings. The number of rotatable bonds is 5. The fraction of sp³-hybridized carbons (Fsp3) is 0.150. The molecular weight excluding hydrogens is 398 g/mol. The molecule has 0 atom stereocenters. The predicted octanol–water partition coefficient (Wildman–Crippen LogP) is 3.07. The van der Waals surface area contributed by atoms with E-state index < -0.39 is 11.8 Å². The number of hydrogen-bond acceptors (Lipinski definition) is 4. The van der Waals surface area contributed by atoms with Crippen LogP contribution in [0.15, 0.2) is 48.5 Å². The second-order valence-electron chi connectivity index (χ2n) is 5.90. The lowest BCUT2D eigenvalue weighted by Gasteiger charge is -2.12. The molecule has 0 spiro atoms. The molecule has 0 aromatic heterocycles. The summed E-state index contributed by atoms with van der Waals surface area (Å²) in [6, 6.07) is 12.9. The largest absolute Gasteiger partial charge is 0.484 e. The number of benzene rings is 2. The SMILES string of the molecule is Cc1cc(OCC(=O)NNC(=S)NC(=O)C=Cc2ccccc2)cc(C)c1Cl. The monoisotopic (exact) mass is 417 g/mol. The van der Waals surface area contributed by atoms with E-state index in [0.29, 0.717) is 10.8 Å². The molecule has 3 N–H and O–H groups in total. The van der Waals surface area contributed by atoms with Crippen LogP contribution >= 0.6 is 23.8 Å². The lowest BCUT2D eigenvalue weighted by Crippen LogP contribution is -2.49. The van der Waals surface area contributed by atoms with Crippen LogP contribution in [-0.4, -0.2) is 23.5 Å². The third-order valence-electron chi connectivity index (χ3n) is 3.56. The van der Waals surface area contributed by atoms with Crippen LogP contribution in [-0.2, 0) is 9.59 Å². The molecule has 0 heterocycles. The Bertz CT molecular complexity index is 878. The van der Waals surface area contributed by atoms with Gasteiger partial charge in [0.2, 0.25) is 5.91 Å². The molecule has 0 fully saturated rings. The molecule has 0 aliphatic carbocycles. The lowest BCUT2D eigenvalue weighted by molar-refractivity contribution is -0.123. The Morgan fingerprint density at radius 3 is 2.39 bits per heavy atom. The molecular formula is C20H20ClN3O3S. The van der Waals surface area contributed by atoms with E-state index in [9.17, 15) is 9.59 Å². The number of aryl methyl sites for hydroxylation is 2. The van der Waals surface area contributed by atoms with Gasteiger partial charge in [0.1, 0.15) is 5.75 Å². The summed E-state index contributed by atoms with van der Waals surface area (Å²) >= 11 is 11.1. The number of hydrogen-bond donors (Lipinski definition) is 3. The van der Waals surface area contributed by atoms with Gasteiger partial charge in [-0.15, -0.1) is 0 Å². The summed E-state index contributed by atoms with van der Waals surface area (Å²) in [5, 5.41) is 3.06. The lowest BCUT2D eigenvalue weighted by atomic mass is 10.1. The minimum Gasteiger partial charge on any atom is -0.484 e. The predicted molar refractivity (Wildman–Crippen MR) is 114 cm³/mol. The van der Waals surface area contributed by atoms with Crippen molar-refractivity contribution in [3.8, 4) is 5.75 Å². The van der Waals surface area contributed by atoms with Crippen molar-refractivity contribution in [3.63, 3.8) is 0 Å². The van der Waals surface area contributed by atoms with Gasteiger partial charge in [-0.2, -0.15) is 0 Å². The zero-order valence-corrected chi connectivity index (χ0v) is 17.0. The van der Waals surface area contributed by atoms with E-state index in [1.165, 1.54) is 6.08 Å². The van der Waals surface area contributed by atoms with Crippen molar-refractivity contribution >= 4 is 46.8 Å². The van der Waals surface area contributed by atoms with Crippen LogP contribution in [0.4, 0.5) is 0 Å². The van der Waals surface area contributed by atoms with Gasteiger partial charge in [-0.25, -0.2) is 0 Å². The molecule has 28 heavy (non-hydrogen) atoms. The second kappa shape index (κ2) is 10.4. The number of carbonyl (C=O) groups is 2. The molecule has 0 aliphatic heterocycles. The van der Waals surface area contributed by atoms with Crippen LogP contribution in [0.5, 0.6) is 5.75 Å². The Morgan fingerprint density at radius 2 is 1.75 bits per heavy atom. The van der Waals surface area contributed by atoms with Crippen molar-refractivity contribution in [3.05, 3.63) is 70.3 Å². The standard InChI is InChI=1S/C20H20ClN3O3S/c1-13-10-16(11-14(2)19(13)21)27-12-18(26)23-24-20(28)22-17(25)9-8-15-6-4-3-5-7-15/h3-11H,12H2,1-2H3,(H,23,26)(H2,22,24,25,28). The number of ether oxygens (including phenoxy) is 1. The number of halogens is 1. The van der Waals surface area contributed by atoms with E-state index >= 15 is 0 Å². The Kier molecular flexibility index (Phi) is 7.98. The van der Waals surface area contributed by atoms with Crippen molar-refractivity contribution < 1.29 is 14.3 Å². The molecule has 6 nitrogen and oxygen atoms in total. The van der Waals surface area contributed by atoms with E-state index in [2.05, 4.69) is 16.2 Å². The first-order valence-corrected chi connectivity index (χ1v) is 9.16. The fourth-order valence-electron chi connectivity index (χ4n) is 2.22. The van der Waals surface area contributed by atoms with Crippen molar-refractivity contribution in [1.82, 2.24) is 16.2 Å². The highest BCUT2D eigenvalue weighted by Gasteiger charge is 2.07. The van der Waals surface area contributed by atoms with E-state index in [1.54, 1.807) is 18.2 Å². The zero-order chi connectivity index (χ0) is 20.5. The van der Waals surface area contributed by atoms with Gasteiger partial charge < -0.3 is 4.74 Å². The summed E-state index contributed by atoms with van der Waals surface area (Å²) < 4.78 is 5.43. The van der Waals surface area contributed by atoms with Gasteiger partial charge in [0.05, 0.1) is 0 Å². The summed E-state index contributed by atoms with van der Waals surface area (Å²) in [7, 11) is 0. The molecule has 0 radical (unpaired) electrons. The summed E-state index contributed by atoms with van der Waals surface area (Å²) in [6.45, 7) is 3.49. The fourth-order valence-corrected chi connectivity index (χ4v) is 2.48. The van der Waals surface area contributed by atoms with Crippen molar-refractivity contribution in [2.45, 2.75) is 13.8 Å². The Morgan fingerprint density at radius 1 is 1.11 bits per heavy atom. The summed E-state index contributed by atoms with van der Waals surface area (Å²) in [4.78, 5) is 23.6. The van der Waals surface area contributed by atoms with Crippen LogP contribution in [0, 0.1) is 13.8 Å². The quantitative estimate of drug-likeness (QED) is 0.396. The Hall–Kier alpha value is -2.90. The first kappa shape index (κ1) is 21.4. The number of thiocarbonyl (C=S) groups is 1. The van der Waals surface area contributed by atoms with E-state index in [4.69, 9.17) is 28.6 Å². The van der Waals surface area contributed by atoms with E-state index in [-0.39, 0.29) is 11.7 Å². The van der Waals surface area contributed by atoms with Gasteiger partial charge in [0, 0.05) is 11.1 Å². The zero-order valence-electron chi connectivity index (χ0n) is 15.4. The molecule has 0 saturated carbocycles. The van der Waals surface area contributed by atoms with Crippen molar-refractivity contribution in [1.29, 1.82) is 0 Å². The smallest absolute Gasteiger partial charge is 0.276 e. The molecule has 2 aromatic carbocycles. The molecule has 2 rings (SSSR count). The van der Waals surface area contributed by atoms with Gasteiger partial charge in [-0.1, -0.05) is 41.9 Å². The minimum absolute atomic E-state index is 0.0331. The maximum Gasteiger partial charge on any atom is 0.276 e. The Balaban J connectivity index is 1.72. The van der Waals surface area contributed by atoms with Crippen LogP contribution in [0.1, 0.15) is 16.7 Å². The van der Waals surface area contributed by atoms with E-state index in [0.717, 1.165) is 16.7 Å². The van der Waals surface area contributed by atoms with Gasteiger partial charge in [-0.3, -0.25) is 25.8 Å². The number of hydrazine groups is 1. The Labute approximate surface area is 173 Å². The van der Waals surface area contributed by atoms with Gasteiger partial charge in [0.25, 0.3) is 5.91 Å². The highest BCUT2D eigenvalue weighted by atomic mass is 35.5. The molecule has 0 bridgehead atoms. The highest BCUT2D eigenvalue weighted by molar-refractivity contribution is 7.80. The highest BCUT2D eigenvalue weighted by Crippen LogP contribution is 2.25. The van der Waals surface area contributed by atoms with Gasteiger partial charge in [-0.05, 0) is 61.0 Å². The molecule has 2 aromatic rings. The second-order valence-corrected chi connectivity index (χ2v) is 6.68. The average molecular weight is 418 g/mol. The number of carbonyl (C=O) groups excluding carboxylic acids is 2. The number of nitrogens with one attached hydrogen (secondary N) is 3. The molecule has 146 valence electrons. The number of amides is 2. The van der Waals surface area contributed by atoms with Crippen LogP contribution in [0.3, 0.4) is 0 Å². The first-order chi connectivity index (χ1) is 13.3. The van der Waals surface area contributed by atoms with Gasteiger partial charge in [0.15, 0.2) is 11.7 Å². The maximum atomic E-state index is 11.8.